The minimum Gasteiger partial charge on any atom is -0.297 e. The molecule has 0 spiro atoms. The molecule has 0 aliphatic carbocycles. The number of rotatable bonds is 4. The topological polar surface area (TPSA) is 61.1 Å². The fourth-order valence-corrected chi connectivity index (χ4v) is 3.68. The number of hydrogen-bond donors (Lipinski definition) is 0. The zero-order valence-corrected chi connectivity index (χ0v) is 17.2. The van der Waals surface area contributed by atoms with E-state index in [-0.39, 0.29) is 19.4 Å². The number of carbonyl (C=O) groups excluding carboxylic acids is 1. The van der Waals surface area contributed by atoms with Crippen LogP contribution in [0.15, 0.2) is 37.1 Å². The van der Waals surface area contributed by atoms with Crippen molar-refractivity contribution >= 4 is 29.6 Å². The number of thioether (sulfide) groups is 1. The fraction of sp³-hybridized carbons (Fsp3) is 0.278. The van der Waals surface area contributed by atoms with Crippen molar-refractivity contribution in [2.75, 3.05) is 0 Å². The molecule has 0 aliphatic heterocycles. The molecule has 0 saturated carbocycles. The van der Waals surface area contributed by atoms with Gasteiger partial charge in [0.15, 0.2) is 6.29 Å². The Balaban J connectivity index is 2.85. The van der Waals surface area contributed by atoms with Gasteiger partial charge in [-0.25, -0.2) is 13.8 Å². The van der Waals surface area contributed by atoms with Gasteiger partial charge in [0, 0.05) is 17.5 Å². The Hall–Kier alpha value is -2.33. The van der Waals surface area contributed by atoms with Gasteiger partial charge in [0.2, 0.25) is 0 Å². The highest BCUT2D eigenvalue weighted by molar-refractivity contribution is 8.04. The Morgan fingerprint density at radius 3 is 2.28 bits per heavy atom. The highest BCUT2D eigenvalue weighted by atomic mass is 35.5. The van der Waals surface area contributed by atoms with E-state index in [0.717, 1.165) is 37.9 Å². The van der Waals surface area contributed by atoms with Crippen molar-refractivity contribution in [1.82, 2.24) is 9.13 Å². The van der Waals surface area contributed by atoms with Gasteiger partial charge in [-0.3, -0.25) is 14.2 Å². The molecule has 5 nitrogen and oxygen atoms in total. The van der Waals surface area contributed by atoms with E-state index in [2.05, 4.69) is 0 Å². The smallest absolute Gasteiger partial charge is 0.297 e. The number of benzene rings is 1. The molecule has 0 amide bonds. The van der Waals surface area contributed by atoms with Crippen molar-refractivity contribution < 1.29 is 22.4 Å². The Bertz CT molecular complexity index is 1110. The van der Waals surface area contributed by atoms with Crippen LogP contribution in [0.4, 0.5) is 17.6 Å². The second kappa shape index (κ2) is 8.19. The summed E-state index contributed by atoms with van der Waals surface area (Å²) in [6.07, 6.45) is -4.38. The van der Waals surface area contributed by atoms with E-state index < -0.39 is 40.2 Å². The third-order valence-corrected chi connectivity index (χ3v) is 5.73. The summed E-state index contributed by atoms with van der Waals surface area (Å²) in [5.74, 6) is -1.08. The molecule has 2 rings (SSSR count). The lowest BCUT2D eigenvalue weighted by molar-refractivity contribution is -0.144. The van der Waals surface area contributed by atoms with Gasteiger partial charge in [-0.1, -0.05) is 28.9 Å². The second-order valence-corrected chi connectivity index (χ2v) is 7.76. The summed E-state index contributed by atoms with van der Waals surface area (Å²) < 4.78 is 54.7. The summed E-state index contributed by atoms with van der Waals surface area (Å²) in [5.41, 5.74) is -4.79. The Kier molecular flexibility index (Phi) is 6.48. The number of aromatic nitrogens is 2. The van der Waals surface area contributed by atoms with Crippen molar-refractivity contribution in [3.63, 3.8) is 0 Å². The van der Waals surface area contributed by atoms with Gasteiger partial charge in [-0.15, -0.1) is 0 Å². The molecule has 0 atom stereocenters. The third-order valence-electron chi connectivity index (χ3n) is 4.02. The highest BCUT2D eigenvalue weighted by Gasteiger charge is 2.38. The summed E-state index contributed by atoms with van der Waals surface area (Å²) in [4.78, 5) is 36.6. The van der Waals surface area contributed by atoms with Gasteiger partial charge in [-0.05, 0) is 32.9 Å². The van der Waals surface area contributed by atoms with Crippen molar-refractivity contribution in [1.29, 1.82) is 0 Å². The number of halogens is 5. The largest absolute Gasteiger partial charge is 0.432 e. The van der Waals surface area contributed by atoms with Gasteiger partial charge in [-0.2, -0.15) is 13.2 Å². The first-order valence-electron chi connectivity index (χ1n) is 8.01. The minimum atomic E-state index is -4.95. The van der Waals surface area contributed by atoms with Crippen LogP contribution in [0.25, 0.3) is 5.69 Å². The number of allylic oxidation sites excluding steroid dienone is 2. The maximum absolute atomic E-state index is 14.5. The molecule has 1 heterocycles. The average Bonchev–Trinajstić information content (AvgIpc) is 2.59. The first-order chi connectivity index (χ1) is 13.3. The standard InChI is InChI=1S/C18H15ClF4N2O3S/c1-8(2)14(7-26)29-13-6-12(11(20)5-10(13)19)25-16(27)9(3)15(18(21,22)23)24(4)17(25)28/h5-7H,1-4H3. The lowest BCUT2D eigenvalue weighted by Crippen LogP contribution is -2.43. The molecule has 2 aromatic rings. The SMILES string of the molecule is CC(C)=C(C=O)Sc1cc(-n2c(=O)c(C)c(C(F)(F)F)n(C)c2=O)c(F)cc1Cl. The highest BCUT2D eigenvalue weighted by Crippen LogP contribution is 2.36. The van der Waals surface area contributed by atoms with Gasteiger partial charge < -0.3 is 0 Å². The number of alkyl halides is 3. The van der Waals surface area contributed by atoms with Crippen LogP contribution in [0, 0.1) is 12.7 Å². The van der Waals surface area contributed by atoms with Crippen LogP contribution >= 0.6 is 23.4 Å². The molecular formula is C18H15ClF4N2O3S. The summed E-state index contributed by atoms with van der Waals surface area (Å²) in [6.45, 7) is 4.22. The molecule has 0 N–H and O–H groups in total. The van der Waals surface area contributed by atoms with E-state index >= 15 is 0 Å². The van der Waals surface area contributed by atoms with Crippen LogP contribution in [-0.2, 0) is 18.0 Å². The first kappa shape index (κ1) is 23.0. The molecule has 0 radical (unpaired) electrons. The van der Waals surface area contributed by atoms with E-state index in [4.69, 9.17) is 11.6 Å². The molecule has 0 aliphatic rings. The summed E-state index contributed by atoms with van der Waals surface area (Å²) in [7, 11) is 0.839. The fourth-order valence-electron chi connectivity index (χ4n) is 2.60. The third kappa shape index (κ3) is 4.32. The molecule has 0 saturated heterocycles. The van der Waals surface area contributed by atoms with Crippen molar-refractivity contribution in [2.45, 2.75) is 31.8 Å². The van der Waals surface area contributed by atoms with E-state index in [1.54, 1.807) is 13.8 Å². The van der Waals surface area contributed by atoms with Crippen LogP contribution in [0.1, 0.15) is 25.1 Å². The first-order valence-corrected chi connectivity index (χ1v) is 9.20. The second-order valence-electron chi connectivity index (χ2n) is 6.27. The van der Waals surface area contributed by atoms with Gasteiger partial charge in [0.25, 0.3) is 5.56 Å². The van der Waals surface area contributed by atoms with Crippen LogP contribution in [-0.4, -0.2) is 15.4 Å². The van der Waals surface area contributed by atoms with Crippen LogP contribution in [0.2, 0.25) is 5.02 Å². The minimum absolute atomic E-state index is 0.0923. The van der Waals surface area contributed by atoms with E-state index in [1.165, 1.54) is 0 Å². The molecule has 1 aromatic heterocycles. The zero-order valence-electron chi connectivity index (χ0n) is 15.6. The van der Waals surface area contributed by atoms with E-state index in [1.807, 2.05) is 0 Å². The molecule has 156 valence electrons. The Labute approximate surface area is 171 Å². The number of nitrogens with zero attached hydrogens (tertiary/aromatic N) is 2. The van der Waals surface area contributed by atoms with Crippen LogP contribution < -0.4 is 11.2 Å². The Morgan fingerprint density at radius 2 is 1.79 bits per heavy atom. The molecule has 0 bridgehead atoms. The molecule has 11 heteroatoms. The van der Waals surface area contributed by atoms with Crippen molar-refractivity contribution in [2.24, 2.45) is 7.05 Å². The summed E-state index contributed by atoms with van der Waals surface area (Å²) in [5, 5.41) is -0.0923. The maximum atomic E-state index is 14.5. The van der Waals surface area contributed by atoms with E-state index in [9.17, 15) is 31.9 Å². The molecular weight excluding hydrogens is 436 g/mol. The van der Waals surface area contributed by atoms with Crippen LogP contribution in [0.5, 0.6) is 0 Å². The summed E-state index contributed by atoms with van der Waals surface area (Å²) in [6, 6.07) is 1.87. The lowest BCUT2D eigenvalue weighted by atomic mass is 10.2. The summed E-state index contributed by atoms with van der Waals surface area (Å²) >= 11 is 6.88. The normalized spacial score (nSPS) is 11.5. The number of hydrogen-bond acceptors (Lipinski definition) is 4. The monoisotopic (exact) mass is 450 g/mol. The number of carbonyl (C=O) groups is 1. The Morgan fingerprint density at radius 1 is 1.21 bits per heavy atom. The molecule has 0 fully saturated rings. The van der Waals surface area contributed by atoms with Crippen LogP contribution in [0.3, 0.4) is 0 Å². The van der Waals surface area contributed by atoms with E-state index in [0.29, 0.717) is 16.4 Å². The number of aldehydes is 1. The zero-order chi connectivity index (χ0) is 22.3. The van der Waals surface area contributed by atoms with Gasteiger partial charge in [0.05, 0.1) is 15.6 Å². The predicted molar refractivity (Wildman–Crippen MR) is 102 cm³/mol. The molecule has 29 heavy (non-hydrogen) atoms. The lowest BCUT2D eigenvalue weighted by Gasteiger charge is -2.17. The molecule has 0 unspecified atom stereocenters. The van der Waals surface area contributed by atoms with Gasteiger partial charge in [0.1, 0.15) is 11.5 Å². The van der Waals surface area contributed by atoms with Crippen molar-refractivity contribution in [3.05, 3.63) is 65.5 Å². The average molecular weight is 451 g/mol. The maximum Gasteiger partial charge on any atom is 0.432 e. The predicted octanol–water partition coefficient (Wildman–Crippen LogP) is 4.24. The van der Waals surface area contributed by atoms with Gasteiger partial charge >= 0.3 is 11.9 Å². The van der Waals surface area contributed by atoms with Crippen molar-refractivity contribution in [3.8, 4) is 5.69 Å². The quantitative estimate of drug-likeness (QED) is 0.302. The molecule has 1 aromatic carbocycles.